The van der Waals surface area contributed by atoms with Crippen LogP contribution in [0.4, 0.5) is 0 Å². The third-order valence-electron chi connectivity index (χ3n) is 4.38. The van der Waals surface area contributed by atoms with Crippen LogP contribution in [-0.4, -0.2) is 48.9 Å². The van der Waals surface area contributed by atoms with Crippen LogP contribution < -0.4 is 0 Å². The average molecular weight is 332 g/mol. The highest BCUT2D eigenvalue weighted by molar-refractivity contribution is 7.07. The molecule has 23 heavy (non-hydrogen) atoms. The summed E-state index contributed by atoms with van der Waals surface area (Å²) >= 11 is 1.76. The summed E-state index contributed by atoms with van der Waals surface area (Å²) in [6, 6.07) is 6.84. The zero-order valence-corrected chi connectivity index (χ0v) is 14.4. The Labute approximate surface area is 142 Å². The lowest BCUT2D eigenvalue weighted by Gasteiger charge is -2.28. The number of methoxy groups -OCH3 is 1. The zero-order valence-electron chi connectivity index (χ0n) is 13.6. The van der Waals surface area contributed by atoms with E-state index in [1.165, 1.54) is 11.1 Å². The van der Waals surface area contributed by atoms with Gasteiger partial charge in [-0.25, -0.2) is 0 Å². The Morgan fingerprint density at radius 1 is 1.22 bits per heavy atom. The van der Waals surface area contributed by atoms with E-state index in [0.717, 1.165) is 25.9 Å². The number of likely N-dealkylation sites (tertiary alicyclic amines) is 1. The molecule has 0 unspecified atom stereocenters. The molecule has 2 aromatic heterocycles. The molecule has 124 valence electrons. The van der Waals surface area contributed by atoms with E-state index < -0.39 is 0 Å². The number of nitrogens with zero attached hydrogens (tertiary/aromatic N) is 2. The van der Waals surface area contributed by atoms with Crippen LogP contribution in [0.5, 0.6) is 0 Å². The molecule has 0 radical (unpaired) electrons. The molecule has 0 saturated carbocycles. The Kier molecular flexibility index (Phi) is 6.16. The van der Waals surface area contributed by atoms with Crippen molar-refractivity contribution >= 4 is 11.3 Å². The number of ether oxygens (including phenoxy) is 2. The fourth-order valence-electron chi connectivity index (χ4n) is 3.20. The van der Waals surface area contributed by atoms with Gasteiger partial charge in [-0.15, -0.1) is 0 Å². The topological polar surface area (TPSA) is 34.6 Å². The normalized spacial score (nSPS) is 21.8. The van der Waals surface area contributed by atoms with Gasteiger partial charge in [0.05, 0.1) is 19.3 Å². The van der Waals surface area contributed by atoms with Gasteiger partial charge in [0.2, 0.25) is 0 Å². The number of rotatable bonds is 8. The average Bonchev–Trinajstić information content (AvgIpc) is 3.21. The molecule has 3 heterocycles. The zero-order chi connectivity index (χ0) is 15.9. The van der Waals surface area contributed by atoms with Gasteiger partial charge in [-0.2, -0.15) is 11.3 Å². The van der Waals surface area contributed by atoms with Crippen molar-refractivity contribution in [3.63, 3.8) is 0 Å². The van der Waals surface area contributed by atoms with E-state index in [1.807, 2.05) is 12.4 Å². The number of aromatic nitrogens is 1. The Balaban J connectivity index is 1.67. The van der Waals surface area contributed by atoms with Crippen molar-refractivity contribution in [3.05, 3.63) is 52.5 Å². The van der Waals surface area contributed by atoms with Crippen LogP contribution in [-0.2, 0) is 22.4 Å². The molecule has 2 atom stereocenters. The Bertz CT molecular complexity index is 562. The maximum Gasteiger partial charge on any atom is 0.0746 e. The molecule has 0 bridgehead atoms. The summed E-state index contributed by atoms with van der Waals surface area (Å²) in [5, 5.41) is 4.39. The second-order valence-corrected chi connectivity index (χ2v) is 6.70. The van der Waals surface area contributed by atoms with Gasteiger partial charge in [0, 0.05) is 38.6 Å². The molecule has 1 fully saturated rings. The maximum atomic E-state index is 6.10. The monoisotopic (exact) mass is 332 g/mol. The summed E-state index contributed by atoms with van der Waals surface area (Å²) in [7, 11) is 1.72. The van der Waals surface area contributed by atoms with Gasteiger partial charge in [0.15, 0.2) is 0 Å². The molecule has 1 aliphatic heterocycles. The molecule has 1 saturated heterocycles. The quantitative estimate of drug-likeness (QED) is 0.696. The molecular weight excluding hydrogens is 308 g/mol. The Morgan fingerprint density at radius 2 is 2.09 bits per heavy atom. The number of pyridine rings is 1. The molecule has 0 amide bonds. The van der Waals surface area contributed by atoms with Gasteiger partial charge < -0.3 is 9.47 Å². The fourth-order valence-corrected chi connectivity index (χ4v) is 3.86. The first kappa shape index (κ1) is 16.6. The summed E-state index contributed by atoms with van der Waals surface area (Å²) in [6.07, 6.45) is 6.10. The van der Waals surface area contributed by atoms with Gasteiger partial charge in [-0.3, -0.25) is 9.88 Å². The van der Waals surface area contributed by atoms with E-state index in [0.29, 0.717) is 19.3 Å². The molecule has 0 aromatic carbocycles. The maximum absolute atomic E-state index is 6.10. The largest absolute Gasteiger partial charge is 0.382 e. The number of thiophene rings is 1. The second kappa shape index (κ2) is 8.55. The van der Waals surface area contributed by atoms with Crippen molar-refractivity contribution in [1.82, 2.24) is 9.88 Å². The highest BCUT2D eigenvalue weighted by Gasteiger charge is 2.34. The highest BCUT2D eigenvalue weighted by Crippen LogP contribution is 2.26. The highest BCUT2D eigenvalue weighted by atomic mass is 32.1. The fraction of sp³-hybridized carbons (Fsp3) is 0.500. The van der Waals surface area contributed by atoms with Crippen molar-refractivity contribution in [3.8, 4) is 0 Å². The lowest BCUT2D eigenvalue weighted by Crippen LogP contribution is -2.38. The molecule has 3 rings (SSSR count). The molecular formula is C18H24N2O2S. The third kappa shape index (κ3) is 4.61. The SMILES string of the molecule is COCCO[C@@H]1CCN(Cc2ccsc2)[C@@H]1Cc1ccncc1. The van der Waals surface area contributed by atoms with E-state index in [-0.39, 0.29) is 6.10 Å². The van der Waals surface area contributed by atoms with Crippen LogP contribution in [0.3, 0.4) is 0 Å². The smallest absolute Gasteiger partial charge is 0.0746 e. The summed E-state index contributed by atoms with van der Waals surface area (Å²) in [4.78, 5) is 6.67. The molecule has 0 N–H and O–H groups in total. The summed E-state index contributed by atoms with van der Waals surface area (Å²) in [6.45, 7) is 3.41. The summed E-state index contributed by atoms with van der Waals surface area (Å²) in [5.41, 5.74) is 2.72. The lowest BCUT2D eigenvalue weighted by molar-refractivity contribution is -0.00129. The molecule has 0 aliphatic carbocycles. The standard InChI is InChI=1S/C18H24N2O2S/c1-21-9-10-22-18-4-8-20(13-16-5-11-23-14-16)17(18)12-15-2-6-19-7-3-15/h2-3,5-7,11,14,17-18H,4,8-10,12-13H2,1H3/t17-,18-/m1/s1. The molecule has 2 aromatic rings. The van der Waals surface area contributed by atoms with Crippen LogP contribution in [0.15, 0.2) is 41.4 Å². The van der Waals surface area contributed by atoms with Gasteiger partial charge in [0.1, 0.15) is 0 Å². The summed E-state index contributed by atoms with van der Waals surface area (Å²) in [5.74, 6) is 0. The minimum Gasteiger partial charge on any atom is -0.382 e. The van der Waals surface area contributed by atoms with Crippen LogP contribution in [0.1, 0.15) is 17.5 Å². The second-order valence-electron chi connectivity index (χ2n) is 5.92. The first-order valence-corrected chi connectivity index (χ1v) is 9.05. The predicted octanol–water partition coefficient (Wildman–Crippen LogP) is 2.99. The van der Waals surface area contributed by atoms with Gasteiger partial charge in [0.25, 0.3) is 0 Å². The first-order valence-electron chi connectivity index (χ1n) is 8.11. The predicted molar refractivity (Wildman–Crippen MR) is 92.7 cm³/mol. The van der Waals surface area contributed by atoms with E-state index >= 15 is 0 Å². The van der Waals surface area contributed by atoms with E-state index in [9.17, 15) is 0 Å². The van der Waals surface area contributed by atoms with Crippen molar-refractivity contribution in [2.45, 2.75) is 31.5 Å². The van der Waals surface area contributed by atoms with Crippen LogP contribution in [0.25, 0.3) is 0 Å². The van der Waals surface area contributed by atoms with Crippen LogP contribution in [0.2, 0.25) is 0 Å². The van der Waals surface area contributed by atoms with Gasteiger partial charge in [-0.05, 0) is 52.9 Å². The molecule has 5 heteroatoms. The molecule has 1 aliphatic rings. The van der Waals surface area contributed by atoms with Gasteiger partial charge >= 0.3 is 0 Å². The van der Waals surface area contributed by atoms with E-state index in [2.05, 4.69) is 38.8 Å². The van der Waals surface area contributed by atoms with Crippen molar-refractivity contribution in [1.29, 1.82) is 0 Å². The first-order chi connectivity index (χ1) is 11.4. The van der Waals surface area contributed by atoms with Gasteiger partial charge in [-0.1, -0.05) is 0 Å². The minimum atomic E-state index is 0.275. The van der Waals surface area contributed by atoms with Crippen molar-refractivity contribution in [2.75, 3.05) is 26.9 Å². The third-order valence-corrected chi connectivity index (χ3v) is 5.11. The number of hydrogen-bond donors (Lipinski definition) is 0. The van der Waals surface area contributed by atoms with E-state index in [1.54, 1.807) is 18.4 Å². The van der Waals surface area contributed by atoms with E-state index in [4.69, 9.17) is 9.47 Å². The van der Waals surface area contributed by atoms with Crippen molar-refractivity contribution < 1.29 is 9.47 Å². The van der Waals surface area contributed by atoms with Crippen molar-refractivity contribution in [2.24, 2.45) is 0 Å². The molecule has 4 nitrogen and oxygen atoms in total. The number of hydrogen-bond acceptors (Lipinski definition) is 5. The van der Waals surface area contributed by atoms with Crippen LogP contribution >= 0.6 is 11.3 Å². The lowest BCUT2D eigenvalue weighted by atomic mass is 10.0. The summed E-state index contributed by atoms with van der Waals surface area (Å²) < 4.78 is 11.2. The Morgan fingerprint density at radius 3 is 2.83 bits per heavy atom. The molecule has 0 spiro atoms. The minimum absolute atomic E-state index is 0.275. The Hall–Kier alpha value is -1.27. The van der Waals surface area contributed by atoms with Crippen LogP contribution in [0, 0.1) is 0 Å².